The Kier molecular flexibility index (Phi) is 12.9. The molecule has 1 aromatic heterocycles. The Balaban J connectivity index is 1.65. The van der Waals surface area contributed by atoms with Gasteiger partial charge in [0.1, 0.15) is 0 Å². The van der Waals surface area contributed by atoms with E-state index in [4.69, 9.17) is 23.5 Å². The van der Waals surface area contributed by atoms with E-state index in [-0.39, 0.29) is 31.3 Å². The second kappa shape index (κ2) is 17.2. The zero-order valence-corrected chi connectivity index (χ0v) is 31.8. The number of aromatic nitrogens is 2. The zero-order chi connectivity index (χ0) is 38.3. The Bertz CT molecular complexity index is 1900. The molecule has 0 saturated carbocycles. The Labute approximate surface area is 309 Å². The molecule has 0 aliphatic carbocycles. The molecule has 2 heterocycles. The first-order valence-corrected chi connectivity index (χ1v) is 19.5. The summed E-state index contributed by atoms with van der Waals surface area (Å²) in [7, 11) is -0.896. The van der Waals surface area contributed by atoms with Gasteiger partial charge >= 0.3 is 310 Å². The van der Waals surface area contributed by atoms with Gasteiger partial charge in [0.2, 0.25) is 0 Å². The molecule has 4 aromatic rings. The first kappa shape index (κ1) is 39.8. The number of halogens is 1. The molecule has 3 aromatic carbocycles. The number of nitrogens with zero attached hydrogens (tertiary/aromatic N) is 3. The van der Waals surface area contributed by atoms with Gasteiger partial charge < -0.3 is 0 Å². The van der Waals surface area contributed by atoms with E-state index in [1.165, 1.54) is 0 Å². The summed E-state index contributed by atoms with van der Waals surface area (Å²) >= 11 is 0. The van der Waals surface area contributed by atoms with Crippen molar-refractivity contribution >= 4 is 7.87 Å². The van der Waals surface area contributed by atoms with Crippen LogP contribution in [0.15, 0.2) is 101 Å². The average Bonchev–Trinajstić information content (AvgIpc) is 3.44. The van der Waals surface area contributed by atoms with Crippen molar-refractivity contribution in [3.05, 3.63) is 129 Å². The van der Waals surface area contributed by atoms with Crippen LogP contribution in [0.5, 0.6) is 11.5 Å². The molecule has 1 aliphatic rings. The molecule has 1 saturated heterocycles. The van der Waals surface area contributed by atoms with Gasteiger partial charge in [0.05, 0.1) is 0 Å². The van der Waals surface area contributed by atoms with Gasteiger partial charge in [0.25, 0.3) is 0 Å². The van der Waals surface area contributed by atoms with Gasteiger partial charge in [-0.2, -0.15) is 0 Å². The van der Waals surface area contributed by atoms with E-state index in [0.29, 0.717) is 11.5 Å². The van der Waals surface area contributed by atoms with E-state index < -0.39 is 49.3 Å². The Hall–Kier alpha value is -4.41. The van der Waals surface area contributed by atoms with Gasteiger partial charge in [-0.25, -0.2) is 0 Å². The molecular formula is C39H48FN4O8P. The fourth-order valence-corrected chi connectivity index (χ4v) is 10.5. The number of ether oxygens (including phenoxy) is 4. The van der Waals surface area contributed by atoms with Gasteiger partial charge in [-0.15, -0.1) is 0 Å². The van der Waals surface area contributed by atoms with Crippen LogP contribution in [0.2, 0.25) is 0 Å². The summed E-state index contributed by atoms with van der Waals surface area (Å²) in [5.41, 5.74) is -0.628. The van der Waals surface area contributed by atoms with Crippen molar-refractivity contribution in [1.82, 2.24) is 14.2 Å². The van der Waals surface area contributed by atoms with Crippen LogP contribution in [0, 0.1) is 11.3 Å². The minimum atomic E-state index is -4.05. The van der Waals surface area contributed by atoms with Gasteiger partial charge in [-0.05, 0) is 0 Å². The molecule has 4 atom stereocenters. The minimum absolute atomic E-state index is 0.0222. The molecule has 5 rings (SSSR count). The third-order valence-corrected chi connectivity index (χ3v) is 12.8. The van der Waals surface area contributed by atoms with Crippen molar-refractivity contribution in [3.63, 3.8) is 0 Å². The second-order valence-corrected chi connectivity index (χ2v) is 16.2. The molecule has 0 radical (unpaired) electrons. The van der Waals surface area contributed by atoms with E-state index in [9.17, 15) is 19.7 Å². The third-order valence-electron chi connectivity index (χ3n) is 9.43. The summed E-state index contributed by atoms with van der Waals surface area (Å²) < 4.78 is 50.6. The van der Waals surface area contributed by atoms with Crippen molar-refractivity contribution in [2.75, 3.05) is 27.0 Å². The number of hydrogen-bond acceptors (Lipinski definition) is 10. The predicted octanol–water partition coefficient (Wildman–Crippen LogP) is 5.70. The van der Waals surface area contributed by atoms with Crippen LogP contribution in [-0.2, 0) is 19.6 Å². The Morgan fingerprint density at radius 2 is 1.47 bits per heavy atom. The van der Waals surface area contributed by atoms with E-state index in [2.05, 4.69) is 11.1 Å². The van der Waals surface area contributed by atoms with E-state index in [1.54, 1.807) is 18.9 Å². The number of H-pyrrole nitrogens is 1. The number of nitriles is 1. The fraction of sp³-hybridized carbons (Fsp3) is 0.410. The number of alkyl halides is 1. The van der Waals surface area contributed by atoms with Crippen molar-refractivity contribution < 1.29 is 32.8 Å². The van der Waals surface area contributed by atoms with Gasteiger partial charge in [0, 0.05) is 0 Å². The Morgan fingerprint density at radius 3 is 1.96 bits per heavy atom. The van der Waals surface area contributed by atoms with Crippen molar-refractivity contribution in [3.8, 4) is 17.6 Å². The summed E-state index contributed by atoms with van der Waals surface area (Å²) in [6.45, 7) is 7.30. The first-order chi connectivity index (χ1) is 25.4. The van der Waals surface area contributed by atoms with Crippen LogP contribution < -0.4 is 20.7 Å². The second-order valence-electron chi connectivity index (χ2n) is 13.4. The van der Waals surface area contributed by atoms with Crippen LogP contribution in [0.4, 0.5) is 4.39 Å². The van der Waals surface area contributed by atoms with Crippen molar-refractivity contribution in [2.45, 2.75) is 76.4 Å². The van der Waals surface area contributed by atoms with Gasteiger partial charge in [-0.3, -0.25) is 0 Å². The molecule has 0 unspecified atom stereocenters. The predicted molar refractivity (Wildman–Crippen MR) is 201 cm³/mol. The quantitative estimate of drug-likeness (QED) is 0.108. The van der Waals surface area contributed by atoms with Crippen LogP contribution in [0.1, 0.15) is 57.0 Å². The van der Waals surface area contributed by atoms with E-state index in [1.807, 2.05) is 107 Å². The molecule has 53 heavy (non-hydrogen) atoms. The Morgan fingerprint density at radius 1 is 0.925 bits per heavy atom. The van der Waals surface area contributed by atoms with Crippen LogP contribution in [-0.4, -0.2) is 76.6 Å². The summed E-state index contributed by atoms with van der Waals surface area (Å²) in [5.74, 6) is 1.27. The SMILES string of the molecule is COc1ccc(C(OC[C@H]2O[C@@H](n3ccc(=O)[nH]c3=O)[C@H](F)[C@@H]2O[PH](O)(CCC#N)N(C(C)C)C(C)C)(c2ccccc2)c2ccc(OC)cc2)cc1. The molecular weight excluding hydrogens is 702 g/mol. The third kappa shape index (κ3) is 8.39. The topological polar surface area (TPSA) is 148 Å². The van der Waals surface area contributed by atoms with Crippen LogP contribution in [0.3, 0.4) is 0 Å². The fourth-order valence-electron chi connectivity index (χ4n) is 7.19. The van der Waals surface area contributed by atoms with Crippen molar-refractivity contribution in [2.24, 2.45) is 0 Å². The molecule has 14 heteroatoms. The summed E-state index contributed by atoms with van der Waals surface area (Å²) in [6, 6.07) is 27.1. The van der Waals surface area contributed by atoms with Crippen LogP contribution >= 0.6 is 7.87 Å². The van der Waals surface area contributed by atoms with Crippen LogP contribution in [0.25, 0.3) is 0 Å². The standard InChI is InChI=1S/C39H48FN4O8P/c1-26(2)44(27(3)4)53(47,24-10-22-41)52-36-33(51-37(35(36)40)43-23-21-34(45)42-38(43)46)25-50-39(28-11-8-7-9-12-28,29-13-17-31(48-5)18-14-29)30-15-19-32(49-6)20-16-30/h7-9,11-21,23,26-27,33,35-37,47,53H,10,24-25H2,1-6H3,(H,42,45,46)/t33-,35-,36-,37-/m1/s1. The van der Waals surface area contributed by atoms with E-state index >= 15 is 4.39 Å². The number of nitrogens with one attached hydrogen (secondary N) is 1. The number of aromatic amines is 1. The number of benzene rings is 3. The molecule has 12 nitrogen and oxygen atoms in total. The maximum absolute atomic E-state index is 17.0. The average molecular weight is 751 g/mol. The summed E-state index contributed by atoms with van der Waals surface area (Å²) in [5, 5.41) is 9.55. The van der Waals surface area contributed by atoms with Gasteiger partial charge in [-0.1, -0.05) is 0 Å². The monoisotopic (exact) mass is 750 g/mol. The van der Waals surface area contributed by atoms with E-state index in [0.717, 1.165) is 33.5 Å². The molecule has 1 fully saturated rings. The molecule has 0 bridgehead atoms. The number of hydrogen-bond donors (Lipinski definition) is 2. The maximum atomic E-state index is 17.0. The normalized spacial score (nSPS) is 19.4. The molecule has 2 N–H and O–H groups in total. The van der Waals surface area contributed by atoms with Gasteiger partial charge in [0.15, 0.2) is 0 Å². The summed E-state index contributed by atoms with van der Waals surface area (Å²) in [6.07, 6.45) is -5.06. The van der Waals surface area contributed by atoms with Crippen molar-refractivity contribution in [1.29, 1.82) is 5.26 Å². The zero-order valence-electron chi connectivity index (χ0n) is 30.8. The number of rotatable bonds is 16. The number of methoxy groups -OCH3 is 2. The first-order valence-electron chi connectivity index (χ1n) is 17.5. The molecule has 0 amide bonds. The molecule has 284 valence electrons. The molecule has 1 aliphatic heterocycles. The molecule has 0 spiro atoms. The summed E-state index contributed by atoms with van der Waals surface area (Å²) in [4.78, 5) is 39.4.